The van der Waals surface area contributed by atoms with Gasteiger partial charge in [-0.25, -0.2) is 5.01 Å². The summed E-state index contributed by atoms with van der Waals surface area (Å²) in [6.07, 6.45) is 2.59. The number of hydrogen-bond donors (Lipinski definition) is 2. The van der Waals surface area contributed by atoms with Crippen molar-refractivity contribution in [1.82, 2.24) is 10.4 Å². The number of carbonyl (C=O) groups is 1. The number of hydrogen-bond acceptors (Lipinski definition) is 3. The molecule has 0 heterocycles. The number of rotatable bonds is 3. The third kappa shape index (κ3) is 1.81. The summed E-state index contributed by atoms with van der Waals surface area (Å²) >= 11 is 4.91. The number of nitrogens with zero attached hydrogens (tertiary/aromatic N) is 1. The van der Waals surface area contributed by atoms with Crippen LogP contribution in [-0.2, 0) is 4.79 Å². The summed E-state index contributed by atoms with van der Waals surface area (Å²) < 4.78 is 0. The van der Waals surface area contributed by atoms with Gasteiger partial charge in [0.1, 0.15) is 5.41 Å². The van der Waals surface area contributed by atoms with E-state index in [0.717, 1.165) is 19.3 Å². The monoisotopic (exact) mass is 201 g/mol. The van der Waals surface area contributed by atoms with E-state index in [1.807, 2.05) is 0 Å². The fraction of sp³-hybridized carbons (Fsp3) is 0.750. The number of amides is 1. The van der Waals surface area contributed by atoms with Crippen molar-refractivity contribution < 1.29 is 4.79 Å². The van der Waals surface area contributed by atoms with Crippen LogP contribution in [0, 0.1) is 5.41 Å². The van der Waals surface area contributed by atoms with Gasteiger partial charge in [-0.05, 0) is 12.8 Å². The van der Waals surface area contributed by atoms with Gasteiger partial charge in [0.05, 0.1) is 4.99 Å². The Hall–Kier alpha value is -0.680. The maximum Gasteiger partial charge on any atom is 0.247 e. The molecule has 4 nitrogen and oxygen atoms in total. The van der Waals surface area contributed by atoms with Crippen LogP contribution in [0.15, 0.2) is 0 Å². The molecule has 1 rings (SSSR count). The standard InChI is InChI=1S/C8H15N3OS/c1-11(2)10-7(12)8(6(9)13)4-3-5-8/h3-5H2,1-2H3,(H2,9,13)(H,10,12). The van der Waals surface area contributed by atoms with Crippen LogP contribution in [0.5, 0.6) is 0 Å². The molecule has 0 aromatic rings. The number of carbonyl (C=O) groups excluding carboxylic acids is 1. The van der Waals surface area contributed by atoms with E-state index in [0.29, 0.717) is 4.99 Å². The molecule has 0 radical (unpaired) electrons. The molecule has 0 spiro atoms. The van der Waals surface area contributed by atoms with Crippen LogP contribution >= 0.6 is 12.2 Å². The van der Waals surface area contributed by atoms with E-state index in [2.05, 4.69) is 5.43 Å². The molecule has 1 saturated carbocycles. The van der Waals surface area contributed by atoms with E-state index in [1.165, 1.54) is 0 Å². The number of hydrazine groups is 1. The Kier molecular flexibility index (Phi) is 2.87. The lowest BCUT2D eigenvalue weighted by Gasteiger charge is -2.39. The molecule has 0 bridgehead atoms. The molecule has 1 fully saturated rings. The molecule has 1 aliphatic rings. The summed E-state index contributed by atoms with van der Waals surface area (Å²) in [5.74, 6) is -0.0729. The fourth-order valence-electron chi connectivity index (χ4n) is 1.43. The highest BCUT2D eigenvalue weighted by Crippen LogP contribution is 2.41. The quantitative estimate of drug-likeness (QED) is 0.500. The topological polar surface area (TPSA) is 58.4 Å². The van der Waals surface area contributed by atoms with Crippen molar-refractivity contribution in [1.29, 1.82) is 0 Å². The highest BCUT2D eigenvalue weighted by Gasteiger charge is 2.47. The Bertz CT molecular complexity index is 236. The lowest BCUT2D eigenvalue weighted by atomic mass is 9.68. The van der Waals surface area contributed by atoms with Gasteiger partial charge >= 0.3 is 0 Å². The lowest BCUT2D eigenvalue weighted by Crippen LogP contribution is -2.55. The molecular weight excluding hydrogens is 186 g/mol. The molecule has 0 saturated heterocycles. The zero-order chi connectivity index (χ0) is 10.1. The SMILES string of the molecule is CN(C)NC(=O)C1(C(N)=S)CCC1. The van der Waals surface area contributed by atoms with Gasteiger partial charge < -0.3 is 5.73 Å². The molecule has 0 unspecified atom stereocenters. The molecule has 1 aliphatic carbocycles. The minimum Gasteiger partial charge on any atom is -0.392 e. The zero-order valence-electron chi connectivity index (χ0n) is 7.96. The molecule has 0 aromatic carbocycles. The molecule has 0 aliphatic heterocycles. The third-order valence-corrected chi connectivity index (χ3v) is 2.83. The van der Waals surface area contributed by atoms with Crippen molar-refractivity contribution in [2.45, 2.75) is 19.3 Å². The summed E-state index contributed by atoms with van der Waals surface area (Å²) in [6.45, 7) is 0. The molecule has 0 atom stereocenters. The van der Waals surface area contributed by atoms with E-state index in [9.17, 15) is 4.79 Å². The molecule has 74 valence electrons. The van der Waals surface area contributed by atoms with Crippen LogP contribution in [0.4, 0.5) is 0 Å². The predicted molar refractivity (Wildman–Crippen MR) is 54.9 cm³/mol. The third-order valence-electron chi connectivity index (χ3n) is 2.44. The van der Waals surface area contributed by atoms with Crippen LogP contribution in [-0.4, -0.2) is 30.0 Å². The first-order valence-electron chi connectivity index (χ1n) is 4.27. The average Bonchev–Trinajstić information content (AvgIpc) is 1.79. The van der Waals surface area contributed by atoms with Crippen LogP contribution in [0.1, 0.15) is 19.3 Å². The first kappa shape index (κ1) is 10.4. The molecule has 5 heteroatoms. The second-order valence-electron chi connectivity index (χ2n) is 3.64. The predicted octanol–water partition coefficient (Wildman–Crippen LogP) is 0.0356. The first-order chi connectivity index (χ1) is 5.99. The van der Waals surface area contributed by atoms with Crippen molar-refractivity contribution in [3.8, 4) is 0 Å². The summed E-state index contributed by atoms with van der Waals surface area (Å²) in [6, 6.07) is 0. The summed E-state index contributed by atoms with van der Waals surface area (Å²) in [4.78, 5) is 12.0. The Labute approximate surface area is 83.4 Å². The highest BCUT2D eigenvalue weighted by molar-refractivity contribution is 7.80. The van der Waals surface area contributed by atoms with Crippen LogP contribution < -0.4 is 11.2 Å². The van der Waals surface area contributed by atoms with Crippen molar-refractivity contribution in [3.63, 3.8) is 0 Å². The van der Waals surface area contributed by atoms with Gasteiger partial charge in [0, 0.05) is 14.1 Å². The normalized spacial score (nSPS) is 19.3. The van der Waals surface area contributed by atoms with Crippen LogP contribution in [0.3, 0.4) is 0 Å². The minimum absolute atomic E-state index is 0.0729. The summed E-state index contributed by atoms with van der Waals surface area (Å²) in [7, 11) is 3.54. The molecule has 1 amide bonds. The van der Waals surface area contributed by atoms with Gasteiger partial charge in [-0.3, -0.25) is 10.2 Å². The van der Waals surface area contributed by atoms with E-state index in [1.54, 1.807) is 19.1 Å². The summed E-state index contributed by atoms with van der Waals surface area (Å²) in [5.41, 5.74) is 7.69. The van der Waals surface area contributed by atoms with E-state index >= 15 is 0 Å². The van der Waals surface area contributed by atoms with Crippen LogP contribution in [0.2, 0.25) is 0 Å². The fourth-order valence-corrected chi connectivity index (χ4v) is 1.72. The van der Waals surface area contributed by atoms with Crippen LogP contribution in [0.25, 0.3) is 0 Å². The van der Waals surface area contributed by atoms with Gasteiger partial charge in [0.15, 0.2) is 0 Å². The second-order valence-corrected chi connectivity index (χ2v) is 4.08. The van der Waals surface area contributed by atoms with Crippen molar-refractivity contribution in [2.24, 2.45) is 11.1 Å². The molecule has 3 N–H and O–H groups in total. The Morgan fingerprint density at radius 1 is 1.54 bits per heavy atom. The molecule has 0 aromatic heterocycles. The maximum atomic E-state index is 11.7. The van der Waals surface area contributed by atoms with Crippen molar-refractivity contribution in [2.75, 3.05) is 14.1 Å². The van der Waals surface area contributed by atoms with E-state index < -0.39 is 5.41 Å². The Morgan fingerprint density at radius 2 is 2.08 bits per heavy atom. The number of nitrogens with one attached hydrogen (secondary N) is 1. The Morgan fingerprint density at radius 3 is 2.31 bits per heavy atom. The smallest absolute Gasteiger partial charge is 0.247 e. The number of thiocarbonyl (C=S) groups is 1. The van der Waals surface area contributed by atoms with Crippen molar-refractivity contribution in [3.05, 3.63) is 0 Å². The van der Waals surface area contributed by atoms with Crippen molar-refractivity contribution >= 4 is 23.1 Å². The highest BCUT2D eigenvalue weighted by atomic mass is 32.1. The Balaban J connectivity index is 2.66. The second kappa shape index (κ2) is 3.59. The molecular formula is C8H15N3OS. The summed E-state index contributed by atoms with van der Waals surface area (Å²) in [5, 5.41) is 1.61. The van der Waals surface area contributed by atoms with Gasteiger partial charge in [0.25, 0.3) is 0 Å². The van der Waals surface area contributed by atoms with E-state index in [4.69, 9.17) is 18.0 Å². The number of nitrogens with two attached hydrogens (primary N) is 1. The first-order valence-corrected chi connectivity index (χ1v) is 4.68. The molecule has 13 heavy (non-hydrogen) atoms. The minimum atomic E-state index is -0.570. The maximum absolute atomic E-state index is 11.7. The van der Waals surface area contributed by atoms with E-state index in [-0.39, 0.29) is 5.91 Å². The average molecular weight is 201 g/mol. The van der Waals surface area contributed by atoms with Gasteiger partial charge in [-0.1, -0.05) is 18.6 Å². The zero-order valence-corrected chi connectivity index (χ0v) is 8.78. The lowest BCUT2D eigenvalue weighted by molar-refractivity contribution is -0.134. The van der Waals surface area contributed by atoms with Gasteiger partial charge in [-0.2, -0.15) is 0 Å². The largest absolute Gasteiger partial charge is 0.392 e. The van der Waals surface area contributed by atoms with Gasteiger partial charge in [-0.15, -0.1) is 0 Å². The van der Waals surface area contributed by atoms with Gasteiger partial charge in [0.2, 0.25) is 5.91 Å².